The van der Waals surface area contributed by atoms with Gasteiger partial charge < -0.3 is 19.7 Å². The molecule has 6 heteroatoms. The van der Waals surface area contributed by atoms with E-state index in [-0.39, 0.29) is 24.2 Å². The van der Waals surface area contributed by atoms with E-state index in [1.807, 2.05) is 34.6 Å². The first-order chi connectivity index (χ1) is 9.65. The van der Waals surface area contributed by atoms with Gasteiger partial charge in [-0.05, 0) is 47.5 Å². The summed E-state index contributed by atoms with van der Waals surface area (Å²) in [4.78, 5) is 25.1. The fourth-order valence-corrected chi connectivity index (χ4v) is 2.12. The highest BCUT2D eigenvalue weighted by atomic mass is 16.6. The number of hydrogen-bond donors (Lipinski definition) is 1. The van der Waals surface area contributed by atoms with Gasteiger partial charge in [0.2, 0.25) is 5.91 Å². The van der Waals surface area contributed by atoms with Gasteiger partial charge in [-0.2, -0.15) is 0 Å². The second kappa shape index (κ2) is 7.11. The summed E-state index contributed by atoms with van der Waals surface area (Å²) in [6, 6.07) is 0. The lowest BCUT2D eigenvalue weighted by Gasteiger charge is -2.39. The van der Waals surface area contributed by atoms with E-state index in [1.165, 1.54) is 0 Å². The Labute approximate surface area is 127 Å². The molecule has 6 nitrogen and oxygen atoms in total. The van der Waals surface area contributed by atoms with Crippen LogP contribution in [0.4, 0.5) is 4.79 Å². The molecule has 0 saturated carbocycles. The van der Waals surface area contributed by atoms with Gasteiger partial charge in [0.05, 0.1) is 5.60 Å². The molecule has 0 spiro atoms. The summed E-state index contributed by atoms with van der Waals surface area (Å²) in [6.45, 7) is 11.3. The van der Waals surface area contributed by atoms with Crippen molar-refractivity contribution in [2.75, 3.05) is 26.2 Å². The molecule has 0 bridgehead atoms. The molecule has 1 fully saturated rings. The largest absolute Gasteiger partial charge is 0.444 e. The summed E-state index contributed by atoms with van der Waals surface area (Å²) in [6.07, 6.45) is 1.12. The van der Waals surface area contributed by atoms with Crippen molar-refractivity contribution in [1.29, 1.82) is 0 Å². The maximum atomic E-state index is 12.0. The number of likely N-dealkylation sites (N-methyl/N-ethyl adjacent to an activating group) is 1. The van der Waals surface area contributed by atoms with Crippen molar-refractivity contribution in [2.24, 2.45) is 0 Å². The molecule has 2 amide bonds. The van der Waals surface area contributed by atoms with Crippen LogP contribution in [0.1, 0.15) is 47.5 Å². The van der Waals surface area contributed by atoms with E-state index in [0.717, 1.165) is 0 Å². The number of piperidine rings is 1. The molecule has 1 rings (SSSR count). The van der Waals surface area contributed by atoms with E-state index in [0.29, 0.717) is 32.5 Å². The third kappa shape index (κ3) is 6.33. The van der Waals surface area contributed by atoms with Gasteiger partial charge in [-0.1, -0.05) is 0 Å². The Morgan fingerprint density at radius 3 is 2.29 bits per heavy atom. The van der Waals surface area contributed by atoms with E-state index in [4.69, 9.17) is 9.47 Å². The Bertz CT molecular complexity index is 368. The molecule has 1 aliphatic rings. The van der Waals surface area contributed by atoms with Crippen LogP contribution in [0.25, 0.3) is 0 Å². The predicted molar refractivity (Wildman–Crippen MR) is 80.1 cm³/mol. The van der Waals surface area contributed by atoms with Crippen molar-refractivity contribution >= 4 is 12.0 Å². The van der Waals surface area contributed by atoms with E-state index < -0.39 is 5.60 Å². The summed E-state index contributed by atoms with van der Waals surface area (Å²) < 4.78 is 11.1. The molecule has 1 saturated heterocycles. The van der Waals surface area contributed by atoms with Crippen molar-refractivity contribution in [3.05, 3.63) is 0 Å². The van der Waals surface area contributed by atoms with Crippen LogP contribution in [-0.2, 0) is 14.3 Å². The number of nitrogens with one attached hydrogen (secondary N) is 1. The summed E-state index contributed by atoms with van der Waals surface area (Å²) >= 11 is 0. The van der Waals surface area contributed by atoms with Gasteiger partial charge >= 0.3 is 6.09 Å². The number of rotatable bonds is 4. The Morgan fingerprint density at radius 1 is 1.24 bits per heavy atom. The number of carbonyl (C=O) groups excluding carboxylic acids is 2. The van der Waals surface area contributed by atoms with Gasteiger partial charge in [0.15, 0.2) is 0 Å². The zero-order chi connectivity index (χ0) is 16.1. The fraction of sp³-hybridized carbons (Fsp3) is 0.867. The number of likely N-dealkylation sites (tertiary alicyclic amines) is 1. The lowest BCUT2D eigenvalue weighted by molar-refractivity contribution is -0.135. The van der Waals surface area contributed by atoms with Crippen LogP contribution in [0, 0.1) is 0 Å². The topological polar surface area (TPSA) is 67.9 Å². The third-order valence-corrected chi connectivity index (χ3v) is 3.40. The molecule has 0 unspecified atom stereocenters. The molecule has 0 aromatic rings. The number of ether oxygens (including phenoxy) is 2. The molecule has 0 aromatic heterocycles. The normalized spacial score (nSPS) is 18.2. The van der Waals surface area contributed by atoms with E-state index in [9.17, 15) is 9.59 Å². The van der Waals surface area contributed by atoms with Crippen LogP contribution >= 0.6 is 0 Å². The minimum atomic E-state index is -0.480. The zero-order valence-electron chi connectivity index (χ0n) is 13.8. The van der Waals surface area contributed by atoms with Crippen LogP contribution in [0.3, 0.4) is 0 Å². The smallest absolute Gasteiger partial charge is 0.410 e. The molecule has 21 heavy (non-hydrogen) atoms. The molecule has 0 atom stereocenters. The van der Waals surface area contributed by atoms with Crippen LogP contribution in [0.15, 0.2) is 0 Å². The first-order valence-electron chi connectivity index (χ1n) is 7.54. The van der Waals surface area contributed by atoms with Gasteiger partial charge in [0.25, 0.3) is 0 Å². The molecule has 0 radical (unpaired) electrons. The highest BCUT2D eigenvalue weighted by Crippen LogP contribution is 2.26. The van der Waals surface area contributed by atoms with Gasteiger partial charge in [-0.15, -0.1) is 0 Å². The summed E-state index contributed by atoms with van der Waals surface area (Å²) in [5, 5.41) is 2.71. The van der Waals surface area contributed by atoms with Gasteiger partial charge in [-0.3, -0.25) is 4.79 Å². The molecule has 1 N–H and O–H groups in total. The SMILES string of the molecule is CCNC(=O)COC1(C)CCN(C(=O)OC(C)(C)C)CC1. The predicted octanol–water partition coefficient (Wildman–Crippen LogP) is 1.93. The van der Waals surface area contributed by atoms with E-state index >= 15 is 0 Å². The van der Waals surface area contributed by atoms with Crippen LogP contribution in [-0.4, -0.2) is 54.3 Å². The molecule has 122 valence electrons. The number of amides is 2. The minimum absolute atomic E-state index is 0.0662. The fourth-order valence-electron chi connectivity index (χ4n) is 2.12. The number of hydrogen-bond acceptors (Lipinski definition) is 4. The number of carbonyl (C=O) groups is 2. The highest BCUT2D eigenvalue weighted by molar-refractivity contribution is 5.77. The van der Waals surface area contributed by atoms with Crippen molar-refractivity contribution in [3.8, 4) is 0 Å². The molecule has 0 aliphatic carbocycles. The van der Waals surface area contributed by atoms with E-state index in [1.54, 1.807) is 4.90 Å². The average Bonchev–Trinajstić information content (AvgIpc) is 2.36. The maximum absolute atomic E-state index is 12.0. The monoisotopic (exact) mass is 300 g/mol. The lowest BCUT2D eigenvalue weighted by Crippen LogP contribution is -2.48. The Balaban J connectivity index is 2.40. The minimum Gasteiger partial charge on any atom is -0.444 e. The Hall–Kier alpha value is -1.30. The molecular weight excluding hydrogens is 272 g/mol. The van der Waals surface area contributed by atoms with Crippen LogP contribution in [0.5, 0.6) is 0 Å². The van der Waals surface area contributed by atoms with Gasteiger partial charge in [0.1, 0.15) is 12.2 Å². The molecular formula is C15H28N2O4. The number of nitrogens with zero attached hydrogens (tertiary/aromatic N) is 1. The lowest BCUT2D eigenvalue weighted by atomic mass is 9.93. The molecule has 1 heterocycles. The third-order valence-electron chi connectivity index (χ3n) is 3.40. The summed E-state index contributed by atoms with van der Waals surface area (Å²) in [5.74, 6) is -0.103. The Morgan fingerprint density at radius 2 is 1.81 bits per heavy atom. The zero-order valence-corrected chi connectivity index (χ0v) is 13.8. The quantitative estimate of drug-likeness (QED) is 0.861. The molecule has 0 aromatic carbocycles. The Kier molecular flexibility index (Phi) is 6.01. The summed E-state index contributed by atoms with van der Waals surface area (Å²) in [5.41, 5.74) is -0.837. The van der Waals surface area contributed by atoms with Gasteiger partial charge in [-0.25, -0.2) is 4.79 Å². The first kappa shape index (κ1) is 17.8. The van der Waals surface area contributed by atoms with Crippen molar-refractivity contribution < 1.29 is 19.1 Å². The average molecular weight is 300 g/mol. The standard InChI is InChI=1S/C15H28N2O4/c1-6-16-12(18)11-20-15(5)7-9-17(10-8-15)13(19)21-14(2,3)4/h6-11H2,1-5H3,(H,16,18). The molecule has 1 aliphatic heterocycles. The van der Waals surface area contributed by atoms with Crippen LogP contribution < -0.4 is 5.32 Å². The second-order valence-electron chi connectivity index (χ2n) is 6.66. The van der Waals surface area contributed by atoms with Gasteiger partial charge in [0, 0.05) is 19.6 Å². The van der Waals surface area contributed by atoms with Crippen molar-refractivity contribution in [1.82, 2.24) is 10.2 Å². The van der Waals surface area contributed by atoms with Crippen molar-refractivity contribution in [3.63, 3.8) is 0 Å². The maximum Gasteiger partial charge on any atom is 0.410 e. The summed E-state index contributed by atoms with van der Waals surface area (Å²) in [7, 11) is 0. The van der Waals surface area contributed by atoms with Crippen LogP contribution in [0.2, 0.25) is 0 Å². The first-order valence-corrected chi connectivity index (χ1v) is 7.54. The second-order valence-corrected chi connectivity index (χ2v) is 6.66. The highest BCUT2D eigenvalue weighted by Gasteiger charge is 2.34. The van der Waals surface area contributed by atoms with E-state index in [2.05, 4.69) is 5.32 Å². The van der Waals surface area contributed by atoms with Crippen molar-refractivity contribution in [2.45, 2.75) is 58.7 Å².